The minimum absolute atomic E-state index is 0.945. The van der Waals surface area contributed by atoms with Crippen LogP contribution in [0.25, 0.3) is 16.5 Å². The molecule has 0 fully saturated rings. The predicted octanol–water partition coefficient (Wildman–Crippen LogP) is 5.65. The summed E-state index contributed by atoms with van der Waals surface area (Å²) in [6.45, 7) is 0.945. The highest BCUT2D eigenvalue weighted by molar-refractivity contribution is 5.86. The van der Waals surface area contributed by atoms with Crippen LogP contribution in [0, 0.1) is 0 Å². The maximum atomic E-state index is 2.49. The van der Waals surface area contributed by atoms with Gasteiger partial charge in [0.15, 0.2) is 0 Å². The first-order valence-electron chi connectivity index (χ1n) is 8.23. The highest BCUT2D eigenvalue weighted by Gasteiger charge is 2.14. The van der Waals surface area contributed by atoms with Crippen LogP contribution in [0.15, 0.2) is 66.7 Å². The van der Waals surface area contributed by atoms with Crippen LogP contribution in [0.3, 0.4) is 0 Å². The SMILES string of the molecule is C1=C(c2cc3ccccc3n2Cc2ccccc2)CCCC1. The normalized spacial score (nSPS) is 15.0. The van der Waals surface area contributed by atoms with Gasteiger partial charge in [0.25, 0.3) is 0 Å². The summed E-state index contributed by atoms with van der Waals surface area (Å²) >= 11 is 0. The van der Waals surface area contributed by atoms with Crippen molar-refractivity contribution < 1.29 is 0 Å². The first-order chi connectivity index (χ1) is 10.9. The smallest absolute Gasteiger partial charge is 0.0488 e. The van der Waals surface area contributed by atoms with Crippen LogP contribution in [0.5, 0.6) is 0 Å². The molecule has 1 aliphatic carbocycles. The summed E-state index contributed by atoms with van der Waals surface area (Å²) in [6.07, 6.45) is 7.54. The molecule has 0 saturated carbocycles. The molecule has 1 nitrogen and oxygen atoms in total. The van der Waals surface area contributed by atoms with Crippen LogP contribution >= 0.6 is 0 Å². The van der Waals surface area contributed by atoms with Crippen molar-refractivity contribution in [1.29, 1.82) is 0 Å². The zero-order valence-corrected chi connectivity index (χ0v) is 12.8. The third kappa shape index (κ3) is 2.48. The van der Waals surface area contributed by atoms with Crippen molar-refractivity contribution in [2.45, 2.75) is 32.2 Å². The van der Waals surface area contributed by atoms with Gasteiger partial charge in [-0.05, 0) is 49.0 Å². The Kier molecular flexibility index (Phi) is 3.56. The topological polar surface area (TPSA) is 4.93 Å². The van der Waals surface area contributed by atoms with Gasteiger partial charge < -0.3 is 4.57 Å². The summed E-state index contributed by atoms with van der Waals surface area (Å²) in [5, 5.41) is 1.35. The van der Waals surface area contributed by atoms with Gasteiger partial charge in [0.1, 0.15) is 0 Å². The molecular formula is C21H21N. The highest BCUT2D eigenvalue weighted by Crippen LogP contribution is 2.31. The van der Waals surface area contributed by atoms with E-state index in [2.05, 4.69) is 71.3 Å². The second-order valence-corrected chi connectivity index (χ2v) is 6.14. The molecule has 1 aliphatic rings. The summed E-state index contributed by atoms with van der Waals surface area (Å²) in [6, 6.07) is 21.9. The molecule has 0 unspecified atom stereocenters. The summed E-state index contributed by atoms with van der Waals surface area (Å²) in [7, 11) is 0. The van der Waals surface area contributed by atoms with Gasteiger partial charge in [0.2, 0.25) is 0 Å². The van der Waals surface area contributed by atoms with Gasteiger partial charge in [-0.2, -0.15) is 0 Å². The zero-order valence-electron chi connectivity index (χ0n) is 12.8. The van der Waals surface area contributed by atoms with Gasteiger partial charge in [0, 0.05) is 23.1 Å². The van der Waals surface area contributed by atoms with Crippen molar-refractivity contribution in [1.82, 2.24) is 4.57 Å². The Morgan fingerprint density at radius 3 is 2.50 bits per heavy atom. The van der Waals surface area contributed by atoms with E-state index in [4.69, 9.17) is 0 Å². The number of benzene rings is 2. The maximum Gasteiger partial charge on any atom is 0.0488 e. The lowest BCUT2D eigenvalue weighted by atomic mass is 9.97. The molecule has 0 amide bonds. The largest absolute Gasteiger partial charge is 0.336 e. The molecule has 3 aromatic rings. The minimum atomic E-state index is 0.945. The number of para-hydroxylation sites is 1. The Balaban J connectivity index is 1.84. The third-order valence-corrected chi connectivity index (χ3v) is 4.61. The Labute approximate surface area is 131 Å². The summed E-state index contributed by atoms with van der Waals surface area (Å²) in [5.74, 6) is 0. The van der Waals surface area contributed by atoms with E-state index in [9.17, 15) is 0 Å². The van der Waals surface area contributed by atoms with Gasteiger partial charge in [0.05, 0.1) is 0 Å². The zero-order chi connectivity index (χ0) is 14.8. The number of fused-ring (bicyclic) bond motifs is 1. The summed E-state index contributed by atoms with van der Waals surface area (Å²) < 4.78 is 2.49. The van der Waals surface area contributed by atoms with Gasteiger partial charge >= 0.3 is 0 Å². The van der Waals surface area contributed by atoms with E-state index in [1.165, 1.54) is 53.4 Å². The molecule has 22 heavy (non-hydrogen) atoms. The van der Waals surface area contributed by atoms with Crippen molar-refractivity contribution in [3.63, 3.8) is 0 Å². The van der Waals surface area contributed by atoms with Crippen LogP contribution in [-0.4, -0.2) is 4.57 Å². The average Bonchev–Trinajstić information content (AvgIpc) is 2.95. The van der Waals surface area contributed by atoms with Crippen molar-refractivity contribution >= 4 is 16.5 Å². The molecule has 0 radical (unpaired) electrons. The Hall–Kier alpha value is -2.28. The molecule has 0 bridgehead atoms. The summed E-state index contributed by atoms with van der Waals surface area (Å²) in [5.41, 5.74) is 5.64. The van der Waals surface area contributed by atoms with Gasteiger partial charge in [-0.3, -0.25) is 0 Å². The molecule has 0 N–H and O–H groups in total. The Bertz CT molecular complexity index is 808. The monoisotopic (exact) mass is 287 g/mol. The van der Waals surface area contributed by atoms with E-state index in [0.29, 0.717) is 0 Å². The standard InChI is InChI=1S/C21H21N/c1-3-9-17(10-4-1)16-22-20-14-8-7-13-19(20)15-21(22)18-11-5-2-6-12-18/h1,3-4,7-11,13-15H,2,5-6,12,16H2. The first-order valence-corrected chi connectivity index (χ1v) is 8.23. The number of hydrogen-bond donors (Lipinski definition) is 0. The van der Waals surface area contributed by atoms with Crippen LogP contribution in [0.1, 0.15) is 36.9 Å². The van der Waals surface area contributed by atoms with Crippen LogP contribution in [-0.2, 0) is 6.54 Å². The van der Waals surface area contributed by atoms with Crippen molar-refractivity contribution in [3.8, 4) is 0 Å². The Morgan fingerprint density at radius 1 is 0.864 bits per heavy atom. The second kappa shape index (κ2) is 5.84. The van der Waals surface area contributed by atoms with Gasteiger partial charge in [-0.25, -0.2) is 0 Å². The number of aromatic nitrogens is 1. The number of rotatable bonds is 3. The minimum Gasteiger partial charge on any atom is -0.336 e. The van der Waals surface area contributed by atoms with E-state index in [1.807, 2.05) is 0 Å². The quantitative estimate of drug-likeness (QED) is 0.587. The van der Waals surface area contributed by atoms with Gasteiger partial charge in [-0.15, -0.1) is 0 Å². The number of nitrogens with zero attached hydrogens (tertiary/aromatic N) is 1. The molecule has 1 heteroatoms. The van der Waals surface area contributed by atoms with Crippen molar-refractivity contribution in [2.24, 2.45) is 0 Å². The van der Waals surface area contributed by atoms with Crippen molar-refractivity contribution in [2.75, 3.05) is 0 Å². The lowest BCUT2D eigenvalue weighted by Crippen LogP contribution is -2.05. The fraction of sp³-hybridized carbons (Fsp3) is 0.238. The molecule has 1 aromatic heterocycles. The first kappa shape index (κ1) is 13.4. The maximum absolute atomic E-state index is 2.49. The van der Waals surface area contributed by atoms with Crippen molar-refractivity contribution in [3.05, 3.63) is 78.0 Å². The molecule has 0 atom stereocenters. The molecule has 0 spiro atoms. The van der Waals surface area contributed by atoms with E-state index < -0.39 is 0 Å². The van der Waals surface area contributed by atoms with E-state index in [1.54, 1.807) is 0 Å². The molecular weight excluding hydrogens is 266 g/mol. The highest BCUT2D eigenvalue weighted by atomic mass is 15.0. The van der Waals surface area contributed by atoms with Crippen LogP contribution < -0.4 is 0 Å². The fourth-order valence-electron chi connectivity index (χ4n) is 3.48. The third-order valence-electron chi connectivity index (χ3n) is 4.61. The summed E-state index contributed by atoms with van der Waals surface area (Å²) in [4.78, 5) is 0. The number of allylic oxidation sites excluding steroid dienone is 2. The predicted molar refractivity (Wildman–Crippen MR) is 93.9 cm³/mol. The molecule has 110 valence electrons. The average molecular weight is 287 g/mol. The molecule has 0 aliphatic heterocycles. The molecule has 2 aromatic carbocycles. The lowest BCUT2D eigenvalue weighted by Gasteiger charge is -2.16. The fourth-order valence-corrected chi connectivity index (χ4v) is 3.48. The van der Waals surface area contributed by atoms with E-state index >= 15 is 0 Å². The second-order valence-electron chi connectivity index (χ2n) is 6.14. The molecule has 0 saturated heterocycles. The Morgan fingerprint density at radius 2 is 1.68 bits per heavy atom. The van der Waals surface area contributed by atoms with Crippen LogP contribution in [0.2, 0.25) is 0 Å². The number of hydrogen-bond acceptors (Lipinski definition) is 0. The molecule has 1 heterocycles. The lowest BCUT2D eigenvalue weighted by molar-refractivity contribution is 0.729. The van der Waals surface area contributed by atoms with Crippen LogP contribution in [0.4, 0.5) is 0 Å². The molecule has 4 rings (SSSR count). The van der Waals surface area contributed by atoms with Gasteiger partial charge in [-0.1, -0.05) is 54.6 Å². The van der Waals surface area contributed by atoms with E-state index in [-0.39, 0.29) is 0 Å². The van der Waals surface area contributed by atoms with E-state index in [0.717, 1.165) is 6.54 Å².